The molecule has 0 atom stereocenters. The summed E-state index contributed by atoms with van der Waals surface area (Å²) in [5.74, 6) is -0.175. The van der Waals surface area contributed by atoms with Crippen molar-refractivity contribution in [2.75, 3.05) is 0 Å². The minimum absolute atomic E-state index is 0.209. The number of fused-ring (bicyclic) bond motifs is 1. The zero-order valence-electron chi connectivity index (χ0n) is 9.78. The third-order valence-corrected chi connectivity index (χ3v) is 3.61. The maximum absolute atomic E-state index is 13.1. The van der Waals surface area contributed by atoms with Crippen LogP contribution >= 0.6 is 0 Å². The predicted octanol–water partition coefficient (Wildman–Crippen LogP) is 2.69. The van der Waals surface area contributed by atoms with Crippen molar-refractivity contribution in [3.8, 4) is 0 Å². The number of halogens is 1. The maximum Gasteiger partial charge on any atom is 0.344 e. The van der Waals surface area contributed by atoms with E-state index in [1.165, 1.54) is 12.1 Å². The molecule has 3 rings (SSSR count). The lowest BCUT2D eigenvalue weighted by Crippen LogP contribution is -2.22. The summed E-state index contributed by atoms with van der Waals surface area (Å²) in [6, 6.07) is 5.62. The molecule has 0 spiro atoms. The van der Waals surface area contributed by atoms with E-state index in [0.29, 0.717) is 24.0 Å². The molecule has 0 aliphatic heterocycles. The van der Waals surface area contributed by atoms with E-state index in [9.17, 15) is 14.3 Å². The van der Waals surface area contributed by atoms with Gasteiger partial charge in [0.25, 0.3) is 0 Å². The Balaban J connectivity index is 2.21. The topological polar surface area (TPSA) is 50.4 Å². The highest BCUT2D eigenvalue weighted by Crippen LogP contribution is 2.38. The second-order valence-electron chi connectivity index (χ2n) is 4.87. The third kappa shape index (κ3) is 1.73. The highest BCUT2D eigenvalue weighted by molar-refractivity contribution is 5.81. The Kier molecular flexibility index (Phi) is 2.48. The average molecular weight is 248 g/mol. The van der Waals surface area contributed by atoms with Crippen molar-refractivity contribution in [2.45, 2.75) is 31.3 Å². The van der Waals surface area contributed by atoms with Gasteiger partial charge in [0.2, 0.25) is 0 Å². The molecule has 1 aliphatic rings. The van der Waals surface area contributed by atoms with Gasteiger partial charge in [-0.3, -0.25) is 0 Å². The van der Waals surface area contributed by atoms with Crippen molar-refractivity contribution in [3.63, 3.8) is 0 Å². The van der Waals surface area contributed by atoms with Gasteiger partial charge in [-0.25, -0.2) is 9.18 Å². The molecule has 3 nitrogen and oxygen atoms in total. The van der Waals surface area contributed by atoms with Crippen LogP contribution in [0.25, 0.3) is 10.8 Å². The molecule has 0 bridgehead atoms. The fourth-order valence-electron chi connectivity index (χ4n) is 2.59. The highest BCUT2D eigenvalue weighted by atomic mass is 19.1. The van der Waals surface area contributed by atoms with Gasteiger partial charge in [0, 0.05) is 0 Å². The Bertz CT molecular complexity index is 654. The van der Waals surface area contributed by atoms with Crippen LogP contribution in [0.1, 0.15) is 31.4 Å². The van der Waals surface area contributed by atoms with Crippen molar-refractivity contribution in [3.05, 3.63) is 46.3 Å². The van der Waals surface area contributed by atoms with Crippen LogP contribution in [0, 0.1) is 5.82 Å². The zero-order chi connectivity index (χ0) is 12.8. The minimum atomic E-state index is -1.04. The molecule has 1 aliphatic carbocycles. The van der Waals surface area contributed by atoms with Gasteiger partial charge in [-0.15, -0.1) is 0 Å². The number of benzene rings is 1. The van der Waals surface area contributed by atoms with Crippen LogP contribution in [0.3, 0.4) is 0 Å². The minimum Gasteiger partial charge on any atom is -0.424 e. The summed E-state index contributed by atoms with van der Waals surface area (Å²) in [5, 5.41) is 11.2. The molecule has 0 amide bonds. The monoisotopic (exact) mass is 248 g/mol. The number of aliphatic hydroxyl groups is 1. The molecule has 0 saturated heterocycles. The van der Waals surface area contributed by atoms with E-state index >= 15 is 0 Å². The summed E-state index contributed by atoms with van der Waals surface area (Å²) in [6.45, 7) is 0. The fourth-order valence-corrected chi connectivity index (χ4v) is 2.59. The molecule has 94 valence electrons. The molecule has 1 aromatic carbocycles. The summed E-state index contributed by atoms with van der Waals surface area (Å²) >= 11 is 0. The second kappa shape index (κ2) is 3.92. The highest BCUT2D eigenvalue weighted by Gasteiger charge is 2.36. The van der Waals surface area contributed by atoms with Crippen LogP contribution in [0.5, 0.6) is 0 Å². The molecule has 1 fully saturated rings. The van der Waals surface area contributed by atoms with Crippen molar-refractivity contribution in [2.24, 2.45) is 0 Å². The zero-order valence-corrected chi connectivity index (χ0v) is 9.78. The molecule has 0 radical (unpaired) electrons. The largest absolute Gasteiger partial charge is 0.424 e. The van der Waals surface area contributed by atoms with E-state index in [0.717, 1.165) is 18.9 Å². The van der Waals surface area contributed by atoms with Gasteiger partial charge in [-0.05, 0) is 49.3 Å². The summed E-state index contributed by atoms with van der Waals surface area (Å²) in [5.41, 5.74) is -1.64. The Hall–Kier alpha value is -1.68. The van der Waals surface area contributed by atoms with Gasteiger partial charge in [-0.2, -0.15) is 0 Å². The fraction of sp³-hybridized carbons (Fsp3) is 0.357. The maximum atomic E-state index is 13.1. The summed E-state index contributed by atoms with van der Waals surface area (Å²) < 4.78 is 18.2. The first-order chi connectivity index (χ1) is 8.58. The van der Waals surface area contributed by atoms with Gasteiger partial charge in [0.05, 0.1) is 5.39 Å². The number of rotatable bonds is 1. The first kappa shape index (κ1) is 11.4. The van der Waals surface area contributed by atoms with Crippen LogP contribution < -0.4 is 5.63 Å². The standard InChI is InChI=1S/C14H13FO3/c15-10-4-3-9-7-12(14(17)5-1-2-6-14)18-13(16)11(9)8-10/h3-4,7-8,17H,1-2,5-6H2. The smallest absolute Gasteiger partial charge is 0.344 e. The molecule has 18 heavy (non-hydrogen) atoms. The number of hydrogen-bond acceptors (Lipinski definition) is 3. The molecule has 1 heterocycles. The Labute approximate surface area is 103 Å². The van der Waals surface area contributed by atoms with E-state index in [2.05, 4.69) is 0 Å². The van der Waals surface area contributed by atoms with Gasteiger partial charge in [-0.1, -0.05) is 6.07 Å². The van der Waals surface area contributed by atoms with Gasteiger partial charge < -0.3 is 9.52 Å². The van der Waals surface area contributed by atoms with Crippen molar-refractivity contribution in [1.29, 1.82) is 0 Å². The molecule has 1 N–H and O–H groups in total. The lowest BCUT2D eigenvalue weighted by Gasteiger charge is -2.20. The molecule has 1 aromatic heterocycles. The molecule has 2 aromatic rings. The normalized spacial score (nSPS) is 18.3. The van der Waals surface area contributed by atoms with Crippen LogP contribution in [-0.2, 0) is 5.60 Å². The Morgan fingerprint density at radius 3 is 2.67 bits per heavy atom. The first-order valence-electron chi connectivity index (χ1n) is 6.05. The van der Waals surface area contributed by atoms with E-state index in [-0.39, 0.29) is 5.39 Å². The molecule has 0 unspecified atom stereocenters. The first-order valence-corrected chi connectivity index (χ1v) is 6.05. The van der Waals surface area contributed by atoms with Gasteiger partial charge >= 0.3 is 5.63 Å². The van der Waals surface area contributed by atoms with E-state index in [1.54, 1.807) is 6.07 Å². The van der Waals surface area contributed by atoms with Crippen LogP contribution in [0.4, 0.5) is 4.39 Å². The molecule has 1 saturated carbocycles. The van der Waals surface area contributed by atoms with E-state index in [1.807, 2.05) is 0 Å². The van der Waals surface area contributed by atoms with Crippen LogP contribution in [-0.4, -0.2) is 5.11 Å². The quantitative estimate of drug-likeness (QED) is 0.844. The van der Waals surface area contributed by atoms with E-state index in [4.69, 9.17) is 4.42 Å². The van der Waals surface area contributed by atoms with Crippen LogP contribution in [0.2, 0.25) is 0 Å². The molecule has 4 heteroatoms. The lowest BCUT2D eigenvalue weighted by molar-refractivity contribution is 0.0194. The average Bonchev–Trinajstić information content (AvgIpc) is 2.78. The summed E-state index contributed by atoms with van der Waals surface area (Å²) in [7, 11) is 0. The number of hydrogen-bond donors (Lipinski definition) is 1. The molecular weight excluding hydrogens is 235 g/mol. The van der Waals surface area contributed by atoms with Crippen molar-refractivity contribution >= 4 is 10.8 Å². The van der Waals surface area contributed by atoms with Crippen molar-refractivity contribution < 1.29 is 13.9 Å². The summed E-state index contributed by atoms with van der Waals surface area (Å²) in [6.07, 6.45) is 3.04. The lowest BCUT2D eigenvalue weighted by atomic mass is 9.97. The Morgan fingerprint density at radius 1 is 1.22 bits per heavy atom. The van der Waals surface area contributed by atoms with Gasteiger partial charge in [0.15, 0.2) is 0 Å². The van der Waals surface area contributed by atoms with Crippen molar-refractivity contribution in [1.82, 2.24) is 0 Å². The van der Waals surface area contributed by atoms with Crippen LogP contribution in [0.15, 0.2) is 33.5 Å². The second-order valence-corrected chi connectivity index (χ2v) is 4.87. The summed E-state index contributed by atoms with van der Waals surface area (Å²) in [4.78, 5) is 11.8. The third-order valence-electron chi connectivity index (χ3n) is 3.61. The Morgan fingerprint density at radius 2 is 1.94 bits per heavy atom. The SMILES string of the molecule is O=c1oc(C2(O)CCCC2)cc2ccc(F)cc12. The van der Waals surface area contributed by atoms with E-state index < -0.39 is 17.0 Å². The van der Waals surface area contributed by atoms with Gasteiger partial charge in [0.1, 0.15) is 17.2 Å². The predicted molar refractivity (Wildman–Crippen MR) is 64.8 cm³/mol. The molecular formula is C14H13FO3.